The molecule has 4 heteroatoms. The standard InChI is InChI=1S/C10H6ClIOS/c11-4-6-2-1-3-7-9(12)8(5-13)14-10(6)7/h1-3,5H,4H2. The molecule has 0 atom stereocenters. The minimum Gasteiger partial charge on any atom is -0.297 e. The van der Waals surface area contributed by atoms with Crippen LogP contribution in [0.3, 0.4) is 0 Å². The molecule has 0 aliphatic heterocycles. The zero-order valence-corrected chi connectivity index (χ0v) is 10.8. The summed E-state index contributed by atoms with van der Waals surface area (Å²) in [7, 11) is 0. The Hall–Kier alpha value is -0.130. The third kappa shape index (κ3) is 1.57. The topological polar surface area (TPSA) is 17.1 Å². The van der Waals surface area contributed by atoms with Crippen molar-refractivity contribution in [2.24, 2.45) is 0 Å². The van der Waals surface area contributed by atoms with Gasteiger partial charge in [-0.05, 0) is 28.2 Å². The minimum absolute atomic E-state index is 0.492. The van der Waals surface area contributed by atoms with Crippen molar-refractivity contribution in [1.29, 1.82) is 0 Å². The smallest absolute Gasteiger partial charge is 0.161 e. The Kier molecular flexibility index (Phi) is 3.09. The summed E-state index contributed by atoms with van der Waals surface area (Å²) in [4.78, 5) is 11.6. The highest BCUT2D eigenvalue weighted by atomic mass is 127. The van der Waals surface area contributed by atoms with E-state index in [4.69, 9.17) is 11.6 Å². The lowest BCUT2D eigenvalue weighted by molar-refractivity contribution is 0.112. The number of carbonyl (C=O) groups excluding carboxylic acids is 1. The number of hydrogen-bond acceptors (Lipinski definition) is 2. The predicted octanol–water partition coefficient (Wildman–Crippen LogP) is 4.06. The molecular formula is C10H6ClIOS. The maximum Gasteiger partial charge on any atom is 0.161 e. The average Bonchev–Trinajstić information content (AvgIpc) is 2.55. The predicted molar refractivity (Wildman–Crippen MR) is 69.5 cm³/mol. The average molecular weight is 337 g/mol. The van der Waals surface area contributed by atoms with Crippen molar-refractivity contribution in [3.63, 3.8) is 0 Å². The lowest BCUT2D eigenvalue weighted by Gasteiger charge is -1.96. The largest absolute Gasteiger partial charge is 0.297 e. The van der Waals surface area contributed by atoms with E-state index in [0.29, 0.717) is 5.88 Å². The Morgan fingerprint density at radius 3 is 2.93 bits per heavy atom. The van der Waals surface area contributed by atoms with E-state index in [0.717, 1.165) is 30.4 Å². The van der Waals surface area contributed by atoms with E-state index < -0.39 is 0 Å². The molecule has 0 saturated heterocycles. The number of hydrogen-bond donors (Lipinski definition) is 0. The highest BCUT2D eigenvalue weighted by Crippen LogP contribution is 2.34. The van der Waals surface area contributed by atoms with E-state index in [1.54, 1.807) is 0 Å². The number of fused-ring (bicyclic) bond motifs is 1. The molecule has 0 saturated carbocycles. The molecule has 2 rings (SSSR count). The van der Waals surface area contributed by atoms with E-state index in [1.807, 2.05) is 18.2 Å². The molecule has 0 aliphatic rings. The summed E-state index contributed by atoms with van der Waals surface area (Å²) in [5, 5.41) is 1.14. The Morgan fingerprint density at radius 2 is 2.29 bits per heavy atom. The first-order valence-corrected chi connectivity index (χ1v) is 6.42. The van der Waals surface area contributed by atoms with Gasteiger partial charge in [0.1, 0.15) is 0 Å². The molecule has 0 spiro atoms. The molecule has 0 amide bonds. The van der Waals surface area contributed by atoms with Crippen LogP contribution in [0.25, 0.3) is 10.1 Å². The van der Waals surface area contributed by atoms with Crippen molar-refractivity contribution in [3.05, 3.63) is 32.2 Å². The molecule has 1 aromatic heterocycles. The monoisotopic (exact) mass is 336 g/mol. The molecule has 0 bridgehead atoms. The fraction of sp³-hybridized carbons (Fsp3) is 0.100. The highest BCUT2D eigenvalue weighted by Gasteiger charge is 2.10. The number of thiophene rings is 1. The van der Waals surface area contributed by atoms with Crippen LogP contribution in [0.1, 0.15) is 15.2 Å². The van der Waals surface area contributed by atoms with E-state index in [9.17, 15) is 4.79 Å². The Balaban J connectivity index is 2.83. The summed E-state index contributed by atoms with van der Waals surface area (Å²) in [5.41, 5.74) is 1.10. The highest BCUT2D eigenvalue weighted by molar-refractivity contribution is 14.1. The van der Waals surface area contributed by atoms with Crippen molar-refractivity contribution in [3.8, 4) is 0 Å². The lowest BCUT2D eigenvalue weighted by atomic mass is 10.2. The molecule has 0 aliphatic carbocycles. The number of rotatable bonds is 2. The quantitative estimate of drug-likeness (QED) is 0.459. The zero-order chi connectivity index (χ0) is 10.1. The van der Waals surface area contributed by atoms with Gasteiger partial charge in [0.05, 0.1) is 4.88 Å². The molecule has 0 fully saturated rings. The van der Waals surface area contributed by atoms with E-state index in [-0.39, 0.29) is 0 Å². The van der Waals surface area contributed by atoms with Gasteiger partial charge in [0.15, 0.2) is 6.29 Å². The van der Waals surface area contributed by atoms with Gasteiger partial charge in [-0.3, -0.25) is 4.79 Å². The summed E-state index contributed by atoms with van der Waals surface area (Å²) < 4.78 is 2.17. The molecule has 0 radical (unpaired) electrons. The first-order valence-electron chi connectivity index (χ1n) is 3.99. The summed E-state index contributed by atoms with van der Waals surface area (Å²) in [6, 6.07) is 6.00. The van der Waals surface area contributed by atoms with Gasteiger partial charge in [-0.25, -0.2) is 0 Å². The maximum atomic E-state index is 10.8. The van der Waals surface area contributed by atoms with Crippen LogP contribution in [0.5, 0.6) is 0 Å². The van der Waals surface area contributed by atoms with Gasteiger partial charge in [0.2, 0.25) is 0 Å². The molecule has 1 aromatic carbocycles. The van der Waals surface area contributed by atoms with Gasteiger partial charge in [0, 0.05) is 19.5 Å². The summed E-state index contributed by atoms with van der Waals surface area (Å²) in [6.45, 7) is 0. The van der Waals surface area contributed by atoms with Crippen LogP contribution in [-0.2, 0) is 5.88 Å². The van der Waals surface area contributed by atoms with Gasteiger partial charge in [0.25, 0.3) is 0 Å². The van der Waals surface area contributed by atoms with Crippen molar-refractivity contribution >= 4 is 61.9 Å². The third-order valence-corrected chi connectivity index (χ3v) is 5.04. The molecule has 1 nitrogen and oxygen atoms in total. The van der Waals surface area contributed by atoms with Gasteiger partial charge >= 0.3 is 0 Å². The van der Waals surface area contributed by atoms with Gasteiger partial charge in [-0.2, -0.15) is 0 Å². The second-order valence-corrected chi connectivity index (χ2v) is 5.22. The molecular weight excluding hydrogens is 331 g/mol. The summed E-state index contributed by atoms with van der Waals surface area (Å²) in [6.07, 6.45) is 0.907. The van der Waals surface area contributed by atoms with E-state index in [1.165, 1.54) is 11.3 Å². The van der Waals surface area contributed by atoms with E-state index in [2.05, 4.69) is 22.6 Å². The van der Waals surface area contributed by atoms with Crippen molar-refractivity contribution in [2.75, 3.05) is 0 Å². The fourth-order valence-electron chi connectivity index (χ4n) is 1.35. The summed E-state index contributed by atoms with van der Waals surface area (Å²) in [5.74, 6) is 0.492. The third-order valence-electron chi connectivity index (χ3n) is 2.01. The van der Waals surface area contributed by atoms with Gasteiger partial charge < -0.3 is 0 Å². The van der Waals surface area contributed by atoms with Crippen LogP contribution in [0.15, 0.2) is 18.2 Å². The number of benzene rings is 1. The Morgan fingerprint density at radius 1 is 1.50 bits per heavy atom. The van der Waals surface area contributed by atoms with Crippen molar-refractivity contribution < 1.29 is 4.79 Å². The molecule has 14 heavy (non-hydrogen) atoms. The van der Waals surface area contributed by atoms with Crippen LogP contribution in [-0.4, -0.2) is 6.29 Å². The number of carbonyl (C=O) groups is 1. The first-order chi connectivity index (χ1) is 6.77. The number of aldehydes is 1. The van der Waals surface area contributed by atoms with Gasteiger partial charge in [-0.1, -0.05) is 18.2 Å². The first kappa shape index (κ1) is 10.4. The van der Waals surface area contributed by atoms with Crippen molar-refractivity contribution in [2.45, 2.75) is 5.88 Å². The van der Waals surface area contributed by atoms with Crippen LogP contribution >= 0.6 is 45.5 Å². The minimum atomic E-state index is 0.492. The lowest BCUT2D eigenvalue weighted by Crippen LogP contribution is -1.77. The van der Waals surface area contributed by atoms with Crippen molar-refractivity contribution in [1.82, 2.24) is 0 Å². The number of halogens is 2. The SMILES string of the molecule is O=Cc1sc2c(CCl)cccc2c1I. The van der Waals surface area contributed by atoms with Crippen LogP contribution in [0, 0.1) is 3.57 Å². The second-order valence-electron chi connectivity index (χ2n) is 2.83. The molecule has 1 heterocycles. The van der Waals surface area contributed by atoms with Crippen LogP contribution in [0.4, 0.5) is 0 Å². The maximum absolute atomic E-state index is 10.8. The zero-order valence-electron chi connectivity index (χ0n) is 7.09. The molecule has 0 N–H and O–H groups in total. The molecule has 72 valence electrons. The molecule has 0 unspecified atom stereocenters. The fourth-order valence-corrected chi connectivity index (χ4v) is 3.76. The summed E-state index contributed by atoms with van der Waals surface area (Å²) >= 11 is 9.54. The van der Waals surface area contributed by atoms with Gasteiger partial charge in [-0.15, -0.1) is 22.9 Å². The van der Waals surface area contributed by atoms with E-state index >= 15 is 0 Å². The number of alkyl halides is 1. The Labute approximate surface area is 104 Å². The van der Waals surface area contributed by atoms with Crippen LogP contribution < -0.4 is 0 Å². The molecule has 2 aromatic rings. The Bertz CT molecular complexity index is 492. The van der Waals surface area contributed by atoms with Crippen LogP contribution in [0.2, 0.25) is 0 Å². The normalized spacial score (nSPS) is 10.7. The second kappa shape index (κ2) is 4.16.